The lowest BCUT2D eigenvalue weighted by molar-refractivity contribution is 0.284. The first-order valence-corrected chi connectivity index (χ1v) is 10.1. The molecule has 3 aromatic carbocycles. The molecule has 158 valence electrons. The van der Waals surface area contributed by atoms with Crippen molar-refractivity contribution in [3.63, 3.8) is 0 Å². The number of nitrogens with one attached hydrogen (secondary N) is 1. The van der Waals surface area contributed by atoms with Gasteiger partial charge >= 0.3 is 0 Å². The van der Waals surface area contributed by atoms with E-state index in [1.54, 1.807) is 0 Å². The first-order valence-electron chi connectivity index (χ1n) is 9.74. The van der Waals surface area contributed by atoms with E-state index < -0.39 is 27.9 Å². The van der Waals surface area contributed by atoms with Crippen LogP contribution in [0.1, 0.15) is 23.1 Å². The fourth-order valence-electron chi connectivity index (χ4n) is 3.73. The monoisotopic (exact) mass is 433 g/mol. The van der Waals surface area contributed by atoms with Gasteiger partial charge in [-0.25, -0.2) is 13.2 Å². The summed E-state index contributed by atoms with van der Waals surface area (Å²) in [5.74, 6) is -4.19. The van der Waals surface area contributed by atoms with Crippen molar-refractivity contribution in [1.82, 2.24) is 5.32 Å². The van der Waals surface area contributed by atoms with Gasteiger partial charge < -0.3 is 10.4 Å². The highest BCUT2D eigenvalue weighted by Gasteiger charge is 2.36. The van der Waals surface area contributed by atoms with Crippen LogP contribution in [0.2, 0.25) is 5.02 Å². The van der Waals surface area contributed by atoms with Gasteiger partial charge in [0.05, 0.1) is 5.02 Å². The smallest absolute Gasteiger partial charge is 0.196 e. The molecule has 6 heteroatoms. The maximum absolute atomic E-state index is 14.7. The Kier molecular flexibility index (Phi) is 7.53. The fourth-order valence-corrected chi connectivity index (χ4v) is 3.95. The van der Waals surface area contributed by atoms with Gasteiger partial charge in [0.2, 0.25) is 0 Å². The summed E-state index contributed by atoms with van der Waals surface area (Å²) in [6.45, 7) is 1.00. The largest absolute Gasteiger partial charge is 0.396 e. The second-order valence-corrected chi connectivity index (χ2v) is 7.61. The van der Waals surface area contributed by atoms with Gasteiger partial charge in [0.25, 0.3) is 0 Å². The van der Waals surface area contributed by atoms with Crippen molar-refractivity contribution >= 4 is 11.6 Å². The number of rotatable bonds is 9. The Morgan fingerprint density at radius 2 is 1.40 bits per heavy atom. The van der Waals surface area contributed by atoms with Crippen LogP contribution in [-0.4, -0.2) is 24.8 Å². The lowest BCUT2D eigenvalue weighted by Gasteiger charge is -2.36. The Labute approximate surface area is 179 Å². The lowest BCUT2D eigenvalue weighted by atomic mass is 9.70. The summed E-state index contributed by atoms with van der Waals surface area (Å²) in [5, 5.41) is 12.0. The second-order valence-electron chi connectivity index (χ2n) is 7.20. The molecular formula is C24H23ClF3NO. The zero-order chi connectivity index (χ0) is 21.6. The Bertz CT molecular complexity index is 928. The first kappa shape index (κ1) is 22.3. The molecule has 0 aliphatic heterocycles. The molecule has 2 N–H and O–H groups in total. The third-order valence-corrected chi connectivity index (χ3v) is 5.54. The Morgan fingerprint density at radius 3 is 1.93 bits per heavy atom. The third kappa shape index (κ3) is 4.69. The normalized spacial score (nSPS) is 11.6. The predicted molar refractivity (Wildman–Crippen MR) is 113 cm³/mol. The molecule has 0 bridgehead atoms. The van der Waals surface area contributed by atoms with Gasteiger partial charge in [-0.2, -0.15) is 0 Å². The maximum atomic E-state index is 14.7. The van der Waals surface area contributed by atoms with Crippen LogP contribution in [-0.2, 0) is 11.8 Å². The highest BCUT2D eigenvalue weighted by atomic mass is 35.5. The van der Waals surface area contributed by atoms with Crippen LogP contribution < -0.4 is 5.32 Å². The van der Waals surface area contributed by atoms with Crippen molar-refractivity contribution in [2.45, 2.75) is 18.3 Å². The summed E-state index contributed by atoms with van der Waals surface area (Å²) >= 11 is 5.83. The molecule has 0 spiro atoms. The molecule has 3 rings (SSSR count). The Morgan fingerprint density at radius 1 is 0.833 bits per heavy atom. The molecular weight excluding hydrogens is 411 g/mol. The molecule has 0 radical (unpaired) electrons. The van der Waals surface area contributed by atoms with E-state index in [2.05, 4.69) is 5.32 Å². The van der Waals surface area contributed by atoms with Gasteiger partial charge in [-0.3, -0.25) is 0 Å². The summed E-state index contributed by atoms with van der Waals surface area (Å²) in [7, 11) is 0. The van der Waals surface area contributed by atoms with E-state index in [1.807, 2.05) is 60.7 Å². The highest BCUT2D eigenvalue weighted by molar-refractivity contribution is 6.30. The molecule has 0 amide bonds. The van der Waals surface area contributed by atoms with E-state index in [0.717, 1.165) is 17.2 Å². The van der Waals surface area contributed by atoms with Gasteiger partial charge in [0, 0.05) is 18.6 Å². The van der Waals surface area contributed by atoms with Crippen molar-refractivity contribution in [2.75, 3.05) is 19.7 Å². The SMILES string of the molecule is OCCCNCC(Cc1cc(Cl)c(F)c(F)c1F)(c1ccccc1)c1ccccc1. The number of aliphatic hydroxyl groups is 1. The molecule has 0 aliphatic rings. The molecule has 0 atom stereocenters. The van der Waals surface area contributed by atoms with Gasteiger partial charge in [-0.05, 0) is 42.1 Å². The van der Waals surface area contributed by atoms with Gasteiger partial charge in [-0.15, -0.1) is 0 Å². The molecule has 0 fully saturated rings. The maximum Gasteiger partial charge on any atom is 0.196 e. The summed E-state index contributed by atoms with van der Waals surface area (Å²) in [6, 6.07) is 20.2. The molecule has 0 saturated heterocycles. The minimum absolute atomic E-state index is 0.00411. The minimum Gasteiger partial charge on any atom is -0.396 e. The van der Waals surface area contributed by atoms with Gasteiger partial charge in [0.1, 0.15) is 0 Å². The molecule has 2 nitrogen and oxygen atoms in total. The topological polar surface area (TPSA) is 32.3 Å². The number of aliphatic hydroxyl groups excluding tert-OH is 1. The minimum atomic E-state index is -1.57. The standard InChI is InChI=1S/C24H23ClF3NO/c25-20-14-17(21(26)23(28)22(20)27)15-24(16-29-12-7-13-30,18-8-3-1-4-9-18)19-10-5-2-6-11-19/h1-6,8-11,14,29-30H,7,12-13,15-16H2. The summed E-state index contributed by atoms with van der Waals surface area (Å²) in [4.78, 5) is 0. The average Bonchev–Trinajstić information content (AvgIpc) is 2.79. The van der Waals surface area contributed by atoms with Crippen molar-refractivity contribution in [3.8, 4) is 0 Å². The van der Waals surface area contributed by atoms with E-state index in [0.29, 0.717) is 19.5 Å². The van der Waals surface area contributed by atoms with Gasteiger partial charge in [0.15, 0.2) is 17.5 Å². The van der Waals surface area contributed by atoms with Crippen LogP contribution in [0, 0.1) is 17.5 Å². The molecule has 0 heterocycles. The molecule has 0 aromatic heterocycles. The van der Waals surface area contributed by atoms with Crippen molar-refractivity contribution < 1.29 is 18.3 Å². The van der Waals surface area contributed by atoms with Crippen molar-refractivity contribution in [1.29, 1.82) is 0 Å². The number of hydrogen-bond donors (Lipinski definition) is 2. The molecule has 0 aliphatic carbocycles. The van der Waals surface area contributed by atoms with Crippen LogP contribution in [0.15, 0.2) is 66.7 Å². The highest BCUT2D eigenvalue weighted by Crippen LogP contribution is 2.37. The van der Waals surface area contributed by atoms with E-state index in [9.17, 15) is 13.2 Å². The molecule has 0 saturated carbocycles. The van der Waals surface area contributed by atoms with Crippen molar-refractivity contribution in [3.05, 3.63) is 106 Å². The van der Waals surface area contributed by atoms with Crippen LogP contribution in [0.5, 0.6) is 0 Å². The predicted octanol–water partition coefficient (Wildman–Crippen LogP) is 5.26. The summed E-state index contributed by atoms with van der Waals surface area (Å²) < 4.78 is 42.6. The average molecular weight is 434 g/mol. The van der Waals surface area contributed by atoms with E-state index in [4.69, 9.17) is 16.7 Å². The van der Waals surface area contributed by atoms with E-state index in [1.165, 1.54) is 0 Å². The quantitative estimate of drug-likeness (QED) is 0.274. The second kappa shape index (κ2) is 10.1. The molecule has 0 unspecified atom stereocenters. The molecule has 3 aromatic rings. The number of benzene rings is 3. The Hall–Kier alpha value is -2.34. The molecule has 30 heavy (non-hydrogen) atoms. The lowest BCUT2D eigenvalue weighted by Crippen LogP contribution is -2.42. The van der Waals surface area contributed by atoms with Gasteiger partial charge in [-0.1, -0.05) is 72.3 Å². The van der Waals surface area contributed by atoms with Crippen LogP contribution in [0.4, 0.5) is 13.2 Å². The zero-order valence-corrected chi connectivity index (χ0v) is 17.1. The summed E-state index contributed by atoms with van der Waals surface area (Å²) in [5.41, 5.74) is 1.02. The number of hydrogen-bond acceptors (Lipinski definition) is 2. The first-order chi connectivity index (χ1) is 14.5. The number of halogens is 4. The fraction of sp³-hybridized carbons (Fsp3) is 0.250. The van der Waals surface area contributed by atoms with Crippen molar-refractivity contribution in [2.24, 2.45) is 0 Å². The van der Waals surface area contributed by atoms with Crippen LogP contribution in [0.3, 0.4) is 0 Å². The van der Waals surface area contributed by atoms with Crippen LogP contribution in [0.25, 0.3) is 0 Å². The van der Waals surface area contributed by atoms with E-state index >= 15 is 0 Å². The van der Waals surface area contributed by atoms with Crippen LogP contribution >= 0.6 is 11.6 Å². The summed E-state index contributed by atoms with van der Waals surface area (Å²) in [6.07, 6.45) is 0.626. The Balaban J connectivity index is 2.15. The zero-order valence-electron chi connectivity index (χ0n) is 16.3. The third-order valence-electron chi connectivity index (χ3n) is 5.26. The van der Waals surface area contributed by atoms with E-state index in [-0.39, 0.29) is 18.6 Å².